The number of hydrogen-bond acceptors (Lipinski definition) is 2. The zero-order valence-corrected chi connectivity index (χ0v) is 11.2. The van der Waals surface area contributed by atoms with Crippen LogP contribution in [0.2, 0.25) is 0 Å². The van der Waals surface area contributed by atoms with Crippen LogP contribution in [0.3, 0.4) is 0 Å². The van der Waals surface area contributed by atoms with Gasteiger partial charge in [0.25, 0.3) is 0 Å². The molecule has 2 rings (SSSR count). The van der Waals surface area contributed by atoms with Crippen molar-refractivity contribution >= 4 is 17.7 Å². The molecule has 2 unspecified atom stereocenters. The van der Waals surface area contributed by atoms with Crippen LogP contribution in [0.25, 0.3) is 0 Å². The fourth-order valence-electron chi connectivity index (χ4n) is 2.41. The van der Waals surface area contributed by atoms with Crippen LogP contribution in [0.5, 0.6) is 0 Å². The third kappa shape index (κ3) is 2.59. The van der Waals surface area contributed by atoms with Gasteiger partial charge >= 0.3 is 12.0 Å². The van der Waals surface area contributed by atoms with E-state index in [2.05, 4.69) is 11.2 Å². The summed E-state index contributed by atoms with van der Waals surface area (Å²) in [5.74, 6) is 1.13. The van der Waals surface area contributed by atoms with Gasteiger partial charge in [-0.15, -0.1) is 12.3 Å². The fraction of sp³-hybridized carbons (Fsp3) is 0.333. The molecule has 5 heteroatoms. The Morgan fingerprint density at radius 1 is 1.55 bits per heavy atom. The fourth-order valence-corrected chi connectivity index (χ4v) is 2.41. The quantitative estimate of drug-likeness (QED) is 0.822. The van der Waals surface area contributed by atoms with E-state index in [4.69, 9.17) is 11.5 Å². The molecule has 2 amide bonds. The van der Waals surface area contributed by atoms with Crippen LogP contribution in [-0.4, -0.2) is 29.2 Å². The van der Waals surface area contributed by atoms with Crippen molar-refractivity contribution in [1.29, 1.82) is 0 Å². The van der Waals surface area contributed by atoms with E-state index in [1.54, 1.807) is 4.90 Å². The van der Waals surface area contributed by atoms with Gasteiger partial charge in [0, 0.05) is 18.2 Å². The van der Waals surface area contributed by atoms with Crippen molar-refractivity contribution < 1.29 is 14.7 Å². The minimum absolute atomic E-state index is 0.00678. The van der Waals surface area contributed by atoms with Crippen molar-refractivity contribution in [2.75, 3.05) is 4.90 Å². The second-order valence-corrected chi connectivity index (χ2v) is 4.80. The molecule has 20 heavy (non-hydrogen) atoms. The monoisotopic (exact) mass is 272 g/mol. The standard InChI is InChI=1S/C15H16N2O3/c1-3-6-12(14(18)19)16-15(20)17-10(2)9-11-7-4-5-8-13(11)17/h1,4-5,7-8,10,12H,6,9H2,2H3,(H,16,20)(H,18,19). The average molecular weight is 272 g/mol. The first-order valence-corrected chi connectivity index (χ1v) is 6.38. The van der Waals surface area contributed by atoms with E-state index in [9.17, 15) is 9.59 Å². The van der Waals surface area contributed by atoms with Crippen LogP contribution in [0.4, 0.5) is 10.5 Å². The van der Waals surface area contributed by atoms with Gasteiger partial charge < -0.3 is 10.4 Å². The molecule has 1 heterocycles. The summed E-state index contributed by atoms with van der Waals surface area (Å²) in [7, 11) is 0. The molecule has 0 aliphatic carbocycles. The van der Waals surface area contributed by atoms with Gasteiger partial charge in [0.2, 0.25) is 0 Å². The molecule has 0 aromatic heterocycles. The van der Waals surface area contributed by atoms with Crippen molar-refractivity contribution in [2.24, 2.45) is 0 Å². The summed E-state index contributed by atoms with van der Waals surface area (Å²) in [6.07, 6.45) is 5.85. The highest BCUT2D eigenvalue weighted by Crippen LogP contribution is 2.31. The number of amides is 2. The van der Waals surface area contributed by atoms with Crippen LogP contribution >= 0.6 is 0 Å². The molecule has 1 aromatic carbocycles. The number of nitrogens with one attached hydrogen (secondary N) is 1. The van der Waals surface area contributed by atoms with Crippen LogP contribution < -0.4 is 10.2 Å². The Labute approximate surface area is 117 Å². The third-order valence-electron chi connectivity index (χ3n) is 3.34. The minimum atomic E-state index is -1.13. The Morgan fingerprint density at radius 3 is 2.90 bits per heavy atom. The molecular formula is C15H16N2O3. The van der Waals surface area contributed by atoms with Gasteiger partial charge in [-0.2, -0.15) is 0 Å². The summed E-state index contributed by atoms with van der Waals surface area (Å²) >= 11 is 0. The predicted molar refractivity (Wildman–Crippen MR) is 75.5 cm³/mol. The lowest BCUT2D eigenvalue weighted by Crippen LogP contribution is -2.49. The number of anilines is 1. The number of aliphatic carboxylic acids is 1. The molecule has 5 nitrogen and oxygen atoms in total. The number of urea groups is 1. The second-order valence-electron chi connectivity index (χ2n) is 4.80. The molecule has 2 N–H and O–H groups in total. The van der Waals surface area contributed by atoms with Gasteiger partial charge in [0.05, 0.1) is 0 Å². The Kier molecular flexibility index (Phi) is 3.94. The smallest absolute Gasteiger partial charge is 0.327 e. The first kappa shape index (κ1) is 13.9. The molecule has 0 spiro atoms. The largest absolute Gasteiger partial charge is 0.480 e. The minimum Gasteiger partial charge on any atom is -0.480 e. The number of benzene rings is 1. The zero-order valence-electron chi connectivity index (χ0n) is 11.2. The maximum Gasteiger partial charge on any atom is 0.327 e. The highest BCUT2D eigenvalue weighted by Gasteiger charge is 2.32. The molecule has 0 saturated carbocycles. The summed E-state index contributed by atoms with van der Waals surface area (Å²) in [4.78, 5) is 24.9. The number of nitrogens with zero attached hydrogens (tertiary/aromatic N) is 1. The van der Waals surface area contributed by atoms with E-state index in [0.717, 1.165) is 17.7 Å². The summed E-state index contributed by atoms with van der Waals surface area (Å²) in [6.45, 7) is 1.93. The van der Waals surface area contributed by atoms with Crippen LogP contribution in [0, 0.1) is 12.3 Å². The van der Waals surface area contributed by atoms with E-state index < -0.39 is 18.0 Å². The molecule has 0 fully saturated rings. The van der Waals surface area contributed by atoms with E-state index in [1.807, 2.05) is 31.2 Å². The molecule has 104 valence electrons. The normalized spacial score (nSPS) is 18.0. The van der Waals surface area contributed by atoms with Gasteiger partial charge in [0.15, 0.2) is 0 Å². The summed E-state index contributed by atoms with van der Waals surface area (Å²) in [6, 6.07) is 6.11. The lowest BCUT2D eigenvalue weighted by atomic mass is 10.1. The molecular weight excluding hydrogens is 256 g/mol. The Hall–Kier alpha value is -2.48. The Balaban J connectivity index is 2.17. The van der Waals surface area contributed by atoms with Gasteiger partial charge in [-0.3, -0.25) is 4.90 Å². The number of hydrogen-bond donors (Lipinski definition) is 2. The van der Waals surface area contributed by atoms with E-state index in [0.29, 0.717) is 0 Å². The van der Waals surface area contributed by atoms with Crippen molar-refractivity contribution in [2.45, 2.75) is 31.8 Å². The van der Waals surface area contributed by atoms with Gasteiger partial charge in [-0.25, -0.2) is 9.59 Å². The number of para-hydroxylation sites is 1. The predicted octanol–water partition coefficient (Wildman–Crippen LogP) is 1.62. The molecule has 0 saturated heterocycles. The van der Waals surface area contributed by atoms with Crippen molar-refractivity contribution in [3.05, 3.63) is 29.8 Å². The number of carboxylic acid groups (broad SMARTS) is 1. The average Bonchev–Trinajstić information content (AvgIpc) is 2.73. The number of carboxylic acids is 1. The maximum absolute atomic E-state index is 12.3. The first-order valence-electron chi connectivity index (χ1n) is 6.38. The van der Waals surface area contributed by atoms with Crippen LogP contribution in [0.1, 0.15) is 18.9 Å². The summed E-state index contributed by atoms with van der Waals surface area (Å²) in [5.41, 5.74) is 1.90. The highest BCUT2D eigenvalue weighted by molar-refractivity contribution is 5.97. The van der Waals surface area contributed by atoms with Crippen molar-refractivity contribution in [3.63, 3.8) is 0 Å². The third-order valence-corrected chi connectivity index (χ3v) is 3.34. The van der Waals surface area contributed by atoms with Gasteiger partial charge in [-0.05, 0) is 25.0 Å². The summed E-state index contributed by atoms with van der Waals surface area (Å²) < 4.78 is 0. The second kappa shape index (κ2) is 5.66. The molecule has 0 bridgehead atoms. The van der Waals surface area contributed by atoms with Crippen molar-refractivity contribution in [3.8, 4) is 12.3 Å². The Morgan fingerprint density at radius 2 is 2.25 bits per heavy atom. The molecule has 1 aliphatic heterocycles. The van der Waals surface area contributed by atoms with E-state index in [-0.39, 0.29) is 12.5 Å². The topological polar surface area (TPSA) is 69.6 Å². The zero-order chi connectivity index (χ0) is 14.7. The van der Waals surface area contributed by atoms with Crippen molar-refractivity contribution in [1.82, 2.24) is 5.32 Å². The molecule has 0 radical (unpaired) electrons. The number of carbonyl (C=O) groups excluding carboxylic acids is 1. The number of terminal acetylenes is 1. The first-order chi connectivity index (χ1) is 9.54. The number of rotatable bonds is 3. The van der Waals surface area contributed by atoms with E-state index >= 15 is 0 Å². The number of carbonyl (C=O) groups is 2. The lowest BCUT2D eigenvalue weighted by molar-refractivity contribution is -0.139. The Bertz CT molecular complexity index is 577. The summed E-state index contributed by atoms with van der Waals surface area (Å²) in [5, 5.41) is 11.5. The van der Waals surface area contributed by atoms with Gasteiger partial charge in [0.1, 0.15) is 6.04 Å². The van der Waals surface area contributed by atoms with Crippen LogP contribution in [0.15, 0.2) is 24.3 Å². The van der Waals surface area contributed by atoms with E-state index in [1.165, 1.54) is 0 Å². The lowest BCUT2D eigenvalue weighted by Gasteiger charge is -2.24. The van der Waals surface area contributed by atoms with Crippen LogP contribution in [-0.2, 0) is 11.2 Å². The molecule has 1 aromatic rings. The number of fused-ring (bicyclic) bond motifs is 1. The molecule has 2 atom stereocenters. The molecule has 1 aliphatic rings. The SMILES string of the molecule is C#CCC(NC(=O)N1c2ccccc2CC1C)C(=O)O. The maximum atomic E-state index is 12.3. The van der Waals surface area contributed by atoms with Gasteiger partial charge in [-0.1, -0.05) is 18.2 Å². The highest BCUT2D eigenvalue weighted by atomic mass is 16.4.